The molecule has 82 valence electrons. The standard InChI is InChI=1S/C11H21NO2/c1-4-9(2)7-11(13)14-10-5-6-12(3)8-10/h9-10H,4-8H2,1-3H3/t9?,10-/m1/s1. The molecule has 1 aliphatic heterocycles. The van der Waals surface area contributed by atoms with Crippen molar-refractivity contribution in [3.8, 4) is 0 Å². The highest BCUT2D eigenvalue weighted by Crippen LogP contribution is 2.14. The van der Waals surface area contributed by atoms with Gasteiger partial charge in [-0.3, -0.25) is 4.79 Å². The first-order valence-electron chi connectivity index (χ1n) is 5.49. The molecule has 0 N–H and O–H groups in total. The summed E-state index contributed by atoms with van der Waals surface area (Å²) >= 11 is 0. The maximum atomic E-state index is 11.4. The number of rotatable bonds is 4. The smallest absolute Gasteiger partial charge is 0.306 e. The summed E-state index contributed by atoms with van der Waals surface area (Å²) in [4.78, 5) is 13.6. The normalized spacial score (nSPS) is 24.9. The van der Waals surface area contributed by atoms with E-state index in [2.05, 4.69) is 25.8 Å². The first kappa shape index (κ1) is 11.5. The lowest BCUT2D eigenvalue weighted by atomic mass is 10.1. The van der Waals surface area contributed by atoms with E-state index in [1.54, 1.807) is 0 Å². The van der Waals surface area contributed by atoms with Crippen LogP contribution < -0.4 is 0 Å². The largest absolute Gasteiger partial charge is 0.461 e. The molecule has 0 bridgehead atoms. The third kappa shape index (κ3) is 3.66. The highest BCUT2D eigenvalue weighted by atomic mass is 16.5. The van der Waals surface area contributed by atoms with E-state index in [0.29, 0.717) is 12.3 Å². The van der Waals surface area contributed by atoms with Crippen LogP contribution in [0.5, 0.6) is 0 Å². The van der Waals surface area contributed by atoms with Crippen LogP contribution in [-0.4, -0.2) is 37.1 Å². The van der Waals surface area contributed by atoms with Crippen molar-refractivity contribution >= 4 is 5.97 Å². The quantitative estimate of drug-likeness (QED) is 0.645. The molecule has 1 unspecified atom stereocenters. The number of likely N-dealkylation sites (tertiary alicyclic amines) is 1. The molecule has 0 aliphatic carbocycles. The van der Waals surface area contributed by atoms with Gasteiger partial charge in [0.25, 0.3) is 0 Å². The summed E-state index contributed by atoms with van der Waals surface area (Å²) < 4.78 is 5.37. The number of carbonyl (C=O) groups is 1. The summed E-state index contributed by atoms with van der Waals surface area (Å²) in [6.07, 6.45) is 2.73. The van der Waals surface area contributed by atoms with Crippen LogP contribution >= 0.6 is 0 Å². The Hall–Kier alpha value is -0.570. The molecule has 0 spiro atoms. The first-order chi connectivity index (χ1) is 6.61. The lowest BCUT2D eigenvalue weighted by molar-refractivity contribution is -0.149. The fourth-order valence-electron chi connectivity index (χ4n) is 1.65. The third-order valence-corrected chi connectivity index (χ3v) is 2.86. The van der Waals surface area contributed by atoms with E-state index < -0.39 is 0 Å². The van der Waals surface area contributed by atoms with Crippen LogP contribution in [0.25, 0.3) is 0 Å². The Kier molecular flexibility index (Phi) is 4.39. The van der Waals surface area contributed by atoms with E-state index in [0.717, 1.165) is 25.9 Å². The number of hydrogen-bond donors (Lipinski definition) is 0. The van der Waals surface area contributed by atoms with E-state index in [4.69, 9.17) is 4.74 Å². The van der Waals surface area contributed by atoms with Gasteiger partial charge in [0.05, 0.1) is 0 Å². The second-order valence-corrected chi connectivity index (χ2v) is 4.38. The lowest BCUT2D eigenvalue weighted by Gasteiger charge is -2.13. The number of carbonyl (C=O) groups excluding carboxylic acids is 1. The van der Waals surface area contributed by atoms with Gasteiger partial charge in [0, 0.05) is 19.5 Å². The molecule has 0 amide bonds. The number of ether oxygens (including phenoxy) is 1. The molecule has 0 saturated carbocycles. The van der Waals surface area contributed by atoms with Crippen molar-refractivity contribution in [2.45, 2.75) is 39.2 Å². The van der Waals surface area contributed by atoms with Crippen molar-refractivity contribution in [2.75, 3.05) is 20.1 Å². The van der Waals surface area contributed by atoms with Crippen LogP contribution in [0.15, 0.2) is 0 Å². The summed E-state index contributed by atoms with van der Waals surface area (Å²) in [5.41, 5.74) is 0. The third-order valence-electron chi connectivity index (χ3n) is 2.86. The lowest BCUT2D eigenvalue weighted by Crippen LogP contribution is -2.22. The second kappa shape index (κ2) is 5.35. The fourth-order valence-corrected chi connectivity index (χ4v) is 1.65. The van der Waals surface area contributed by atoms with Crippen LogP contribution in [0.2, 0.25) is 0 Å². The summed E-state index contributed by atoms with van der Waals surface area (Å²) in [7, 11) is 2.06. The fraction of sp³-hybridized carbons (Fsp3) is 0.909. The maximum Gasteiger partial charge on any atom is 0.306 e. The van der Waals surface area contributed by atoms with Gasteiger partial charge in [-0.25, -0.2) is 0 Å². The maximum absolute atomic E-state index is 11.4. The van der Waals surface area contributed by atoms with E-state index in [-0.39, 0.29) is 12.1 Å². The molecule has 0 aromatic carbocycles. The number of esters is 1. The first-order valence-corrected chi connectivity index (χ1v) is 5.49. The average molecular weight is 199 g/mol. The van der Waals surface area contributed by atoms with Crippen LogP contribution in [0, 0.1) is 5.92 Å². The molecule has 1 fully saturated rings. The van der Waals surface area contributed by atoms with Crippen LogP contribution in [-0.2, 0) is 9.53 Å². The predicted octanol–water partition coefficient (Wildman–Crippen LogP) is 1.67. The van der Waals surface area contributed by atoms with Gasteiger partial charge in [-0.05, 0) is 19.4 Å². The molecular formula is C11H21NO2. The summed E-state index contributed by atoms with van der Waals surface area (Å²) in [6, 6.07) is 0. The molecular weight excluding hydrogens is 178 g/mol. The number of nitrogens with zero attached hydrogens (tertiary/aromatic N) is 1. The van der Waals surface area contributed by atoms with E-state index in [9.17, 15) is 4.79 Å². The van der Waals surface area contributed by atoms with Crippen molar-refractivity contribution in [2.24, 2.45) is 5.92 Å². The summed E-state index contributed by atoms with van der Waals surface area (Å²) in [5.74, 6) is 0.418. The number of likely N-dealkylation sites (N-methyl/N-ethyl adjacent to an activating group) is 1. The zero-order chi connectivity index (χ0) is 10.6. The van der Waals surface area contributed by atoms with Gasteiger partial charge in [-0.2, -0.15) is 0 Å². The molecule has 3 heteroatoms. The molecule has 1 heterocycles. The van der Waals surface area contributed by atoms with E-state index in [1.807, 2.05) is 0 Å². The molecule has 0 aromatic rings. The Morgan fingerprint density at radius 3 is 2.86 bits per heavy atom. The highest BCUT2D eigenvalue weighted by molar-refractivity contribution is 5.69. The highest BCUT2D eigenvalue weighted by Gasteiger charge is 2.23. The van der Waals surface area contributed by atoms with Gasteiger partial charge in [-0.15, -0.1) is 0 Å². The van der Waals surface area contributed by atoms with Gasteiger partial charge in [0.1, 0.15) is 6.10 Å². The zero-order valence-electron chi connectivity index (χ0n) is 9.45. The Morgan fingerprint density at radius 2 is 2.36 bits per heavy atom. The Morgan fingerprint density at radius 1 is 1.64 bits per heavy atom. The van der Waals surface area contributed by atoms with Crippen molar-refractivity contribution in [1.29, 1.82) is 0 Å². The van der Waals surface area contributed by atoms with Crippen molar-refractivity contribution < 1.29 is 9.53 Å². The second-order valence-electron chi connectivity index (χ2n) is 4.38. The monoisotopic (exact) mass is 199 g/mol. The van der Waals surface area contributed by atoms with Crippen molar-refractivity contribution in [3.63, 3.8) is 0 Å². The van der Waals surface area contributed by atoms with Gasteiger partial charge in [-0.1, -0.05) is 20.3 Å². The minimum atomic E-state index is -0.0281. The van der Waals surface area contributed by atoms with Crippen LogP contribution in [0.1, 0.15) is 33.1 Å². The van der Waals surface area contributed by atoms with Crippen LogP contribution in [0.3, 0.4) is 0 Å². The Bertz CT molecular complexity index is 194. The molecule has 14 heavy (non-hydrogen) atoms. The topological polar surface area (TPSA) is 29.5 Å². The number of hydrogen-bond acceptors (Lipinski definition) is 3. The molecule has 0 aromatic heterocycles. The SMILES string of the molecule is CCC(C)CC(=O)O[C@@H]1CCN(C)C1. The van der Waals surface area contributed by atoms with Crippen LogP contribution in [0.4, 0.5) is 0 Å². The molecule has 0 radical (unpaired) electrons. The molecule has 1 aliphatic rings. The van der Waals surface area contributed by atoms with Gasteiger partial charge in [0.2, 0.25) is 0 Å². The van der Waals surface area contributed by atoms with Gasteiger partial charge < -0.3 is 9.64 Å². The average Bonchev–Trinajstić information content (AvgIpc) is 2.50. The molecule has 1 rings (SSSR count). The van der Waals surface area contributed by atoms with E-state index >= 15 is 0 Å². The minimum absolute atomic E-state index is 0.0281. The van der Waals surface area contributed by atoms with Gasteiger partial charge >= 0.3 is 5.97 Å². The molecule has 1 saturated heterocycles. The van der Waals surface area contributed by atoms with E-state index in [1.165, 1.54) is 0 Å². The van der Waals surface area contributed by atoms with Crippen molar-refractivity contribution in [1.82, 2.24) is 4.90 Å². The van der Waals surface area contributed by atoms with Crippen molar-refractivity contribution in [3.05, 3.63) is 0 Å². The Balaban J connectivity index is 2.20. The molecule has 3 nitrogen and oxygen atoms in total. The Labute approximate surface area is 86.4 Å². The predicted molar refractivity (Wildman–Crippen MR) is 56.1 cm³/mol. The summed E-state index contributed by atoms with van der Waals surface area (Å²) in [6.45, 7) is 6.12. The van der Waals surface area contributed by atoms with Gasteiger partial charge in [0.15, 0.2) is 0 Å². The minimum Gasteiger partial charge on any atom is -0.461 e. The molecule has 2 atom stereocenters. The zero-order valence-corrected chi connectivity index (χ0v) is 9.45. The summed E-state index contributed by atoms with van der Waals surface area (Å²) in [5, 5.41) is 0.